The molecule has 0 amide bonds. The Hall–Kier alpha value is 3.53. The quantitative estimate of drug-likeness (QED) is 0.381. The van der Waals surface area contributed by atoms with E-state index in [1.165, 1.54) is 5.01 Å². The Bertz CT molecular complexity index is 14.3. The zero-order chi connectivity index (χ0) is 3.58. The van der Waals surface area contributed by atoms with Crippen molar-refractivity contribution in [2.24, 2.45) is 0 Å². The predicted molar refractivity (Wildman–Crippen MR) is 18.0 cm³/mol. The smallest absolute Gasteiger partial charge is 0.610 e. The molecule has 0 aromatic rings. The SMILES string of the molecule is CN(C)[NH-].[Rb+].[Rb+]. The summed E-state index contributed by atoms with van der Waals surface area (Å²) in [4.78, 5) is 0. The second kappa shape index (κ2) is 11.3. The van der Waals surface area contributed by atoms with Crippen LogP contribution in [0.2, 0.25) is 0 Å². The molecule has 0 atom stereocenters. The van der Waals surface area contributed by atoms with Gasteiger partial charge in [0.25, 0.3) is 0 Å². The van der Waals surface area contributed by atoms with Crippen LogP contribution in [0.25, 0.3) is 5.84 Å². The zero-order valence-electron chi connectivity index (χ0n) is 4.95. The molecule has 0 radical (unpaired) electrons. The molecule has 0 heterocycles. The van der Waals surface area contributed by atoms with Crippen molar-refractivity contribution >= 4 is 0 Å². The van der Waals surface area contributed by atoms with Crippen molar-refractivity contribution < 1.29 is 116 Å². The van der Waals surface area contributed by atoms with Gasteiger partial charge in [0.05, 0.1) is 0 Å². The van der Waals surface area contributed by atoms with Crippen LogP contribution in [0.4, 0.5) is 0 Å². The first-order valence-corrected chi connectivity index (χ1v) is 1.12. The first-order valence-electron chi connectivity index (χ1n) is 1.12. The summed E-state index contributed by atoms with van der Waals surface area (Å²) < 4.78 is 0. The van der Waals surface area contributed by atoms with Crippen molar-refractivity contribution in [3.8, 4) is 0 Å². The average molecular weight is 230 g/mol. The normalized spacial score (nSPS) is 6.00. The van der Waals surface area contributed by atoms with Crippen molar-refractivity contribution in [3.63, 3.8) is 0 Å². The van der Waals surface area contributed by atoms with Gasteiger partial charge in [-0.3, -0.25) is 0 Å². The Kier molecular flexibility index (Phi) is 30.7. The molecule has 0 fully saturated rings. The van der Waals surface area contributed by atoms with Gasteiger partial charge < -0.3 is 10.9 Å². The third kappa shape index (κ3) is 25.8. The van der Waals surface area contributed by atoms with Crippen LogP contribution in [0, 0.1) is 0 Å². The molecule has 2 nitrogen and oxygen atoms in total. The van der Waals surface area contributed by atoms with E-state index in [2.05, 4.69) is 0 Å². The molecule has 0 bridgehead atoms. The summed E-state index contributed by atoms with van der Waals surface area (Å²) in [5.41, 5.74) is 0. The Balaban J connectivity index is -0.0000000450. The molecule has 4 heteroatoms. The molecule has 0 aliphatic carbocycles. The molecule has 0 saturated carbocycles. The molecule has 0 saturated heterocycles. The van der Waals surface area contributed by atoms with Crippen molar-refractivity contribution in [2.45, 2.75) is 0 Å². The van der Waals surface area contributed by atoms with E-state index in [0.29, 0.717) is 0 Å². The van der Waals surface area contributed by atoms with Crippen LogP contribution in [0.15, 0.2) is 0 Å². The Morgan fingerprint density at radius 1 is 1.17 bits per heavy atom. The van der Waals surface area contributed by atoms with E-state index in [4.69, 9.17) is 5.84 Å². The molecule has 0 aromatic heterocycles. The van der Waals surface area contributed by atoms with Crippen LogP contribution in [-0.2, 0) is 0 Å². The van der Waals surface area contributed by atoms with Gasteiger partial charge >= 0.3 is 116 Å². The first kappa shape index (κ1) is 16.3. The molecule has 6 heavy (non-hydrogen) atoms. The van der Waals surface area contributed by atoms with Gasteiger partial charge in [-0.2, -0.15) is 0 Å². The van der Waals surface area contributed by atoms with Crippen LogP contribution in [0.1, 0.15) is 0 Å². The number of hydrogen-bond donors (Lipinski definition) is 0. The van der Waals surface area contributed by atoms with Crippen LogP contribution >= 0.6 is 0 Å². The third-order valence-electron chi connectivity index (χ3n) is 0. The van der Waals surface area contributed by atoms with Gasteiger partial charge in [-0.1, -0.05) is 0 Å². The van der Waals surface area contributed by atoms with Crippen LogP contribution in [0.3, 0.4) is 0 Å². The minimum atomic E-state index is 0. The van der Waals surface area contributed by atoms with Gasteiger partial charge in [0.2, 0.25) is 0 Å². The largest absolute Gasteiger partial charge is 1.00 e. The van der Waals surface area contributed by atoms with Gasteiger partial charge in [-0.05, 0) is 14.1 Å². The van der Waals surface area contributed by atoms with E-state index in [0.717, 1.165) is 0 Å². The topological polar surface area (TPSA) is 27.0 Å². The molecule has 0 aromatic carbocycles. The maximum atomic E-state index is 6.42. The minimum Gasteiger partial charge on any atom is -0.610 e. The minimum absolute atomic E-state index is 0. The Labute approximate surface area is 137 Å². The fourth-order valence-corrected chi connectivity index (χ4v) is 0. The number of nitrogens with zero attached hydrogens (tertiary/aromatic N) is 1. The molecule has 0 aliphatic heterocycles. The summed E-state index contributed by atoms with van der Waals surface area (Å²) >= 11 is 0. The van der Waals surface area contributed by atoms with Crippen LogP contribution < -0.4 is 116 Å². The van der Waals surface area contributed by atoms with E-state index in [1.807, 2.05) is 0 Å². The standard InChI is InChI=1S/C2H7N2.2Rb/c1-4(2)3;;/h3H,1-2H3;;/q-1;2*+1. The van der Waals surface area contributed by atoms with Crippen molar-refractivity contribution in [2.75, 3.05) is 14.1 Å². The summed E-state index contributed by atoms with van der Waals surface area (Å²) in [6.07, 6.45) is 0. The second-order valence-electron chi connectivity index (χ2n) is 0.894. The fourth-order valence-electron chi connectivity index (χ4n) is 0. The fraction of sp³-hybridized carbons (Fsp3) is 1.00. The average Bonchev–Trinajstić information content (AvgIpc) is 0.811. The number of hydrogen-bond acceptors (Lipinski definition) is 1. The summed E-state index contributed by atoms with van der Waals surface area (Å²) in [6.45, 7) is 0. The van der Waals surface area contributed by atoms with E-state index < -0.39 is 0 Å². The molecule has 0 aliphatic rings. The van der Waals surface area contributed by atoms with Gasteiger partial charge in [-0.25, -0.2) is 0 Å². The third-order valence-corrected chi connectivity index (χ3v) is 0. The molecular formula is C2H7N2Rb2+. The second-order valence-corrected chi connectivity index (χ2v) is 0.894. The van der Waals surface area contributed by atoms with Gasteiger partial charge in [0.1, 0.15) is 0 Å². The number of rotatable bonds is 0. The number of nitrogens with one attached hydrogen (secondary N) is 1. The van der Waals surface area contributed by atoms with E-state index in [9.17, 15) is 0 Å². The Morgan fingerprint density at radius 3 is 1.17 bits per heavy atom. The Morgan fingerprint density at radius 2 is 1.17 bits per heavy atom. The van der Waals surface area contributed by atoms with Crippen molar-refractivity contribution in [3.05, 3.63) is 5.84 Å². The van der Waals surface area contributed by atoms with Gasteiger partial charge in [0.15, 0.2) is 0 Å². The van der Waals surface area contributed by atoms with E-state index in [1.54, 1.807) is 14.1 Å². The molecular weight excluding hydrogens is 223 g/mol. The summed E-state index contributed by atoms with van der Waals surface area (Å²) in [6, 6.07) is 0. The summed E-state index contributed by atoms with van der Waals surface area (Å²) in [5.74, 6) is 6.42. The van der Waals surface area contributed by atoms with Crippen LogP contribution in [0.5, 0.6) is 0 Å². The van der Waals surface area contributed by atoms with E-state index in [-0.39, 0.29) is 116 Å². The molecule has 0 unspecified atom stereocenters. The summed E-state index contributed by atoms with van der Waals surface area (Å²) in [7, 11) is 3.33. The monoisotopic (exact) mass is 229 g/mol. The summed E-state index contributed by atoms with van der Waals surface area (Å²) in [5, 5.41) is 1.25. The zero-order valence-corrected chi connectivity index (χ0v) is 14.8. The predicted octanol–water partition coefficient (Wildman–Crippen LogP) is -5.48. The van der Waals surface area contributed by atoms with Crippen molar-refractivity contribution in [1.82, 2.24) is 5.01 Å². The van der Waals surface area contributed by atoms with Gasteiger partial charge in [-0.15, -0.1) is 0 Å². The first-order chi connectivity index (χ1) is 1.73. The molecule has 0 spiro atoms. The maximum Gasteiger partial charge on any atom is 1.00 e. The maximum absolute atomic E-state index is 6.42. The van der Waals surface area contributed by atoms with Gasteiger partial charge in [0, 0.05) is 0 Å². The van der Waals surface area contributed by atoms with E-state index >= 15 is 0 Å². The molecule has 1 N–H and O–H groups in total. The molecule has 26 valence electrons. The molecule has 0 rings (SSSR count). The van der Waals surface area contributed by atoms with Crippen molar-refractivity contribution in [1.29, 1.82) is 0 Å². The van der Waals surface area contributed by atoms with Crippen LogP contribution in [-0.4, -0.2) is 19.1 Å².